The number of nitrogens with zero attached hydrogens (tertiary/aromatic N) is 4. The molecule has 0 fully saturated rings. The van der Waals surface area contributed by atoms with Crippen LogP contribution < -0.4 is 19.6 Å². The molecule has 0 spiro atoms. The Hall–Kier alpha value is -13.6. The fourth-order valence-electron chi connectivity index (χ4n) is 15.2. The van der Waals surface area contributed by atoms with Crippen LogP contribution in [0.2, 0.25) is 0 Å². The molecule has 0 amide bonds. The molecule has 0 bridgehead atoms. The first-order chi connectivity index (χ1) is 53.0. The highest BCUT2D eigenvalue weighted by Crippen LogP contribution is 2.51. The van der Waals surface area contributed by atoms with Crippen LogP contribution in [0.15, 0.2) is 417 Å². The lowest BCUT2D eigenvalue weighted by molar-refractivity contribution is 0.669. The Morgan fingerprint density at radius 2 is 0.523 bits per heavy atom. The summed E-state index contributed by atoms with van der Waals surface area (Å²) in [6, 6.07) is 148. The van der Waals surface area contributed by atoms with E-state index in [9.17, 15) is 0 Å². The van der Waals surface area contributed by atoms with Crippen molar-refractivity contribution in [1.29, 1.82) is 0 Å². The Morgan fingerprint density at radius 3 is 1.03 bits per heavy atom. The van der Waals surface area contributed by atoms with Crippen LogP contribution in [0, 0.1) is 0 Å². The molecule has 0 aliphatic carbocycles. The van der Waals surface area contributed by atoms with Crippen molar-refractivity contribution in [1.82, 2.24) is 0 Å². The van der Waals surface area contributed by atoms with E-state index in [-0.39, 0.29) is 0 Å². The largest absolute Gasteiger partial charge is 0.456 e. The van der Waals surface area contributed by atoms with E-state index in [1.807, 2.05) is 34.8 Å². The summed E-state index contributed by atoms with van der Waals surface area (Å²) in [5.41, 5.74) is 22.4. The van der Waals surface area contributed by atoms with Gasteiger partial charge in [0.2, 0.25) is 0 Å². The van der Waals surface area contributed by atoms with Gasteiger partial charge in [0.1, 0.15) is 11.2 Å². The van der Waals surface area contributed by atoms with Crippen molar-refractivity contribution in [2.75, 3.05) is 19.6 Å². The third-order valence-electron chi connectivity index (χ3n) is 20.2. The Balaban J connectivity index is 0.000000147. The van der Waals surface area contributed by atoms with E-state index < -0.39 is 0 Å². The molecule has 20 rings (SSSR count). The van der Waals surface area contributed by atoms with Gasteiger partial charge in [0, 0.05) is 98.6 Å². The van der Waals surface area contributed by atoms with Crippen LogP contribution in [0.5, 0.6) is 0 Å². The molecule has 0 saturated carbocycles. The van der Waals surface area contributed by atoms with E-state index >= 15 is 0 Å². The standard InChI is InChI=1S/C54H38N2S.C46H30N2OS/c1-6-17-39(18-7-1)42-29-31-47(32-30-42)56(49-36-43(40-19-8-2-9-20-40)35-44(37-49)41-21-10-3-11-22-41)52-28-16-27-50-51-38-48(33-34-53(51)57-54(50)52)55(45-23-12-4-13-24-45)46-25-14-5-15-26-46;1-3-14-33(15-4-1)47(34-16-5-2-6-17-34)36-25-27-45-41(30-36)39-19-11-20-42(46(39)50-45)48(35-23-22-31-12-7-8-13-32(31)28-35)37-24-26-44-40(29-37)38-18-9-10-21-43(38)49-44/h1-38H;1-30H. The molecule has 107 heavy (non-hydrogen) atoms. The number of rotatable bonds is 15. The van der Waals surface area contributed by atoms with Gasteiger partial charge in [-0.05, 0) is 208 Å². The second-order valence-electron chi connectivity index (χ2n) is 26.8. The molecule has 5 nitrogen and oxygen atoms in total. The molecule has 0 atom stereocenters. The minimum absolute atomic E-state index is 0.891. The minimum Gasteiger partial charge on any atom is -0.456 e. The minimum atomic E-state index is 0.891. The highest BCUT2D eigenvalue weighted by molar-refractivity contribution is 7.27. The maximum atomic E-state index is 6.24. The van der Waals surface area contributed by atoms with Gasteiger partial charge in [-0.2, -0.15) is 0 Å². The van der Waals surface area contributed by atoms with Gasteiger partial charge in [-0.15, -0.1) is 22.7 Å². The summed E-state index contributed by atoms with van der Waals surface area (Å²) in [5, 5.41) is 9.64. The molecule has 0 unspecified atom stereocenters. The molecule has 7 heteroatoms. The quantitative estimate of drug-likeness (QED) is 0.102. The van der Waals surface area contributed by atoms with Crippen LogP contribution in [-0.2, 0) is 0 Å². The van der Waals surface area contributed by atoms with Gasteiger partial charge in [0.05, 0.1) is 20.8 Å². The summed E-state index contributed by atoms with van der Waals surface area (Å²) < 4.78 is 11.2. The maximum absolute atomic E-state index is 6.24. The van der Waals surface area contributed by atoms with E-state index in [0.29, 0.717) is 0 Å². The molecule has 0 aliphatic heterocycles. The van der Waals surface area contributed by atoms with E-state index in [1.54, 1.807) is 0 Å². The molecule has 3 heterocycles. The molecule has 3 aromatic heterocycles. The summed E-state index contributed by atoms with van der Waals surface area (Å²) >= 11 is 3.71. The fourth-order valence-corrected chi connectivity index (χ4v) is 17.5. The average molecular weight is 1410 g/mol. The molecule has 17 aromatic carbocycles. The molecule has 0 radical (unpaired) electrons. The Labute approximate surface area is 629 Å². The lowest BCUT2D eigenvalue weighted by Gasteiger charge is -2.27. The number of anilines is 12. The molecular weight excluding hydrogens is 1340 g/mol. The van der Waals surface area contributed by atoms with Crippen molar-refractivity contribution in [3.63, 3.8) is 0 Å². The highest BCUT2D eigenvalue weighted by Gasteiger charge is 2.25. The van der Waals surface area contributed by atoms with Crippen LogP contribution in [0.4, 0.5) is 68.2 Å². The van der Waals surface area contributed by atoms with Gasteiger partial charge in [0.25, 0.3) is 0 Å². The zero-order chi connectivity index (χ0) is 71.0. The van der Waals surface area contributed by atoms with Crippen molar-refractivity contribution in [3.05, 3.63) is 413 Å². The van der Waals surface area contributed by atoms with E-state index in [1.165, 1.54) is 84.5 Å². The zero-order valence-electron chi connectivity index (χ0n) is 58.3. The third kappa shape index (κ3) is 12.4. The van der Waals surface area contributed by atoms with E-state index in [0.717, 1.165) is 90.2 Å². The SMILES string of the molecule is c1ccc(-c2ccc(N(c3cc(-c4ccccc4)cc(-c4ccccc4)c3)c3cccc4c3sc3ccc(N(c5ccccc5)c5ccccc5)cc34)cc2)cc1.c1ccc(N(c2ccccc2)c2ccc3sc4c(N(c5ccc6ccccc6c5)c5ccc6oc7ccccc7c6c5)cccc4c3c2)cc1. The smallest absolute Gasteiger partial charge is 0.135 e. The number of fused-ring (bicyclic) bond motifs is 10. The Kier molecular flexibility index (Phi) is 17.0. The summed E-state index contributed by atoms with van der Waals surface area (Å²) in [5.74, 6) is 0. The van der Waals surface area contributed by atoms with Crippen LogP contribution in [0.3, 0.4) is 0 Å². The highest BCUT2D eigenvalue weighted by atomic mass is 32.1. The summed E-state index contributed by atoms with van der Waals surface area (Å²) in [6.07, 6.45) is 0. The predicted octanol–water partition coefficient (Wildman–Crippen LogP) is 30.0. The normalized spacial score (nSPS) is 11.4. The lowest BCUT2D eigenvalue weighted by Crippen LogP contribution is -2.10. The number of hydrogen-bond acceptors (Lipinski definition) is 7. The van der Waals surface area contributed by atoms with Crippen LogP contribution in [0.1, 0.15) is 0 Å². The second kappa shape index (κ2) is 28.2. The molecule has 0 N–H and O–H groups in total. The number of benzene rings is 17. The fraction of sp³-hybridized carbons (Fsp3) is 0. The predicted molar refractivity (Wildman–Crippen MR) is 458 cm³/mol. The van der Waals surface area contributed by atoms with Crippen LogP contribution in [0.25, 0.3) is 106 Å². The van der Waals surface area contributed by atoms with Crippen molar-refractivity contribution in [2.24, 2.45) is 0 Å². The Morgan fingerprint density at radius 1 is 0.178 bits per heavy atom. The summed E-state index contributed by atoms with van der Waals surface area (Å²) in [4.78, 5) is 9.53. The van der Waals surface area contributed by atoms with Crippen molar-refractivity contribution in [3.8, 4) is 33.4 Å². The van der Waals surface area contributed by atoms with Crippen molar-refractivity contribution >= 4 is 164 Å². The van der Waals surface area contributed by atoms with E-state index in [2.05, 4.69) is 420 Å². The number of furan rings is 1. The molecule has 506 valence electrons. The molecular formula is C100H68N4OS2. The summed E-state index contributed by atoms with van der Waals surface area (Å²) in [7, 11) is 0. The number of hydrogen-bond donors (Lipinski definition) is 0. The van der Waals surface area contributed by atoms with Gasteiger partial charge < -0.3 is 24.0 Å². The maximum Gasteiger partial charge on any atom is 0.135 e. The lowest BCUT2D eigenvalue weighted by atomic mass is 9.97. The first kappa shape index (κ1) is 64.3. The van der Waals surface area contributed by atoms with Crippen LogP contribution in [-0.4, -0.2) is 0 Å². The van der Waals surface area contributed by atoms with Crippen molar-refractivity contribution < 1.29 is 4.42 Å². The molecule has 20 aromatic rings. The first-order valence-electron chi connectivity index (χ1n) is 36.2. The van der Waals surface area contributed by atoms with Gasteiger partial charge in [-0.1, -0.05) is 249 Å². The Bertz CT molecular complexity index is 6430. The number of thiophene rings is 2. The monoisotopic (exact) mass is 1400 g/mol. The number of para-hydroxylation sites is 5. The topological polar surface area (TPSA) is 26.1 Å². The van der Waals surface area contributed by atoms with Gasteiger partial charge >= 0.3 is 0 Å². The van der Waals surface area contributed by atoms with Gasteiger partial charge in [0.15, 0.2) is 0 Å². The average Bonchev–Trinajstić information content (AvgIpc) is 1.61. The summed E-state index contributed by atoms with van der Waals surface area (Å²) in [6.45, 7) is 0. The van der Waals surface area contributed by atoms with Gasteiger partial charge in [-0.25, -0.2) is 0 Å². The van der Waals surface area contributed by atoms with Gasteiger partial charge in [-0.3, -0.25) is 0 Å². The zero-order valence-corrected chi connectivity index (χ0v) is 59.9. The molecule has 0 aliphatic rings. The third-order valence-corrected chi connectivity index (χ3v) is 22.6. The van der Waals surface area contributed by atoms with E-state index in [4.69, 9.17) is 4.42 Å². The van der Waals surface area contributed by atoms with Crippen LogP contribution >= 0.6 is 22.7 Å². The first-order valence-corrected chi connectivity index (χ1v) is 37.8. The molecule has 0 saturated heterocycles. The second-order valence-corrected chi connectivity index (χ2v) is 28.9. The van der Waals surface area contributed by atoms with Crippen molar-refractivity contribution in [2.45, 2.75) is 0 Å².